The van der Waals surface area contributed by atoms with Crippen LogP contribution in [0.5, 0.6) is 0 Å². The molecule has 2 aromatic heterocycles. The van der Waals surface area contributed by atoms with Crippen LogP contribution >= 0.6 is 0 Å². The highest BCUT2D eigenvalue weighted by atomic mass is 14.9. The Kier molecular flexibility index (Phi) is 4.36. The van der Waals surface area contributed by atoms with Gasteiger partial charge in [-0.1, -0.05) is 26.2 Å². The molecule has 1 aliphatic carbocycles. The van der Waals surface area contributed by atoms with Gasteiger partial charge in [0.25, 0.3) is 0 Å². The SMILES string of the molecule is CCC1CCC(CNCc2c[nH]c3ncccc23)CC1. The average molecular weight is 271 g/mol. The zero-order chi connectivity index (χ0) is 13.8. The molecule has 0 aliphatic heterocycles. The second-order valence-corrected chi connectivity index (χ2v) is 6.14. The number of fused-ring (bicyclic) bond motifs is 1. The molecule has 0 aromatic carbocycles. The average Bonchev–Trinajstić information content (AvgIpc) is 2.92. The highest BCUT2D eigenvalue weighted by Crippen LogP contribution is 2.30. The van der Waals surface area contributed by atoms with Gasteiger partial charge in [0.15, 0.2) is 0 Å². The summed E-state index contributed by atoms with van der Waals surface area (Å²) in [5, 5.41) is 4.88. The summed E-state index contributed by atoms with van der Waals surface area (Å²) in [6, 6.07) is 4.15. The first-order valence-electron chi connectivity index (χ1n) is 7.98. The van der Waals surface area contributed by atoms with Crippen molar-refractivity contribution in [2.45, 2.75) is 45.6 Å². The lowest BCUT2D eigenvalue weighted by Gasteiger charge is -2.27. The fourth-order valence-corrected chi connectivity index (χ4v) is 3.41. The van der Waals surface area contributed by atoms with Gasteiger partial charge in [0.05, 0.1) is 0 Å². The summed E-state index contributed by atoms with van der Waals surface area (Å²) < 4.78 is 0. The van der Waals surface area contributed by atoms with Gasteiger partial charge in [-0.3, -0.25) is 0 Å². The highest BCUT2D eigenvalue weighted by molar-refractivity contribution is 5.79. The largest absolute Gasteiger partial charge is 0.346 e. The van der Waals surface area contributed by atoms with E-state index in [2.05, 4.69) is 34.5 Å². The van der Waals surface area contributed by atoms with E-state index in [0.29, 0.717) is 0 Å². The van der Waals surface area contributed by atoms with E-state index < -0.39 is 0 Å². The molecule has 0 atom stereocenters. The van der Waals surface area contributed by atoms with E-state index in [1.165, 1.54) is 43.1 Å². The van der Waals surface area contributed by atoms with Crippen molar-refractivity contribution in [2.75, 3.05) is 6.54 Å². The lowest BCUT2D eigenvalue weighted by atomic mass is 9.81. The van der Waals surface area contributed by atoms with E-state index in [0.717, 1.165) is 30.6 Å². The van der Waals surface area contributed by atoms with Crippen molar-refractivity contribution in [1.82, 2.24) is 15.3 Å². The van der Waals surface area contributed by atoms with Crippen molar-refractivity contribution in [3.05, 3.63) is 30.1 Å². The molecule has 0 bridgehead atoms. The minimum atomic E-state index is 0.876. The Balaban J connectivity index is 1.48. The minimum absolute atomic E-state index is 0.876. The molecule has 2 heterocycles. The smallest absolute Gasteiger partial charge is 0.137 e. The number of nitrogens with one attached hydrogen (secondary N) is 2. The fraction of sp³-hybridized carbons (Fsp3) is 0.588. The normalized spacial score (nSPS) is 23.2. The summed E-state index contributed by atoms with van der Waals surface area (Å²) in [6.07, 6.45) is 10.9. The molecule has 20 heavy (non-hydrogen) atoms. The van der Waals surface area contributed by atoms with E-state index in [-0.39, 0.29) is 0 Å². The molecule has 0 unspecified atom stereocenters. The monoisotopic (exact) mass is 271 g/mol. The van der Waals surface area contributed by atoms with Crippen LogP contribution in [0.1, 0.15) is 44.6 Å². The Morgan fingerprint density at radius 2 is 2.05 bits per heavy atom. The van der Waals surface area contributed by atoms with E-state index in [9.17, 15) is 0 Å². The van der Waals surface area contributed by atoms with Crippen molar-refractivity contribution < 1.29 is 0 Å². The first-order chi connectivity index (χ1) is 9.86. The maximum atomic E-state index is 4.33. The van der Waals surface area contributed by atoms with Gasteiger partial charge in [-0.15, -0.1) is 0 Å². The molecule has 1 saturated carbocycles. The van der Waals surface area contributed by atoms with E-state index in [4.69, 9.17) is 0 Å². The van der Waals surface area contributed by atoms with Crippen molar-refractivity contribution >= 4 is 11.0 Å². The quantitative estimate of drug-likeness (QED) is 0.866. The van der Waals surface area contributed by atoms with Gasteiger partial charge in [0.1, 0.15) is 5.65 Å². The van der Waals surface area contributed by atoms with E-state index >= 15 is 0 Å². The van der Waals surface area contributed by atoms with E-state index in [1.54, 1.807) is 0 Å². The summed E-state index contributed by atoms with van der Waals surface area (Å²) >= 11 is 0. The Labute approximate surface area is 121 Å². The molecule has 0 spiro atoms. The van der Waals surface area contributed by atoms with Gasteiger partial charge < -0.3 is 10.3 Å². The number of pyridine rings is 1. The third-order valence-electron chi connectivity index (χ3n) is 4.83. The van der Waals surface area contributed by atoms with Crippen molar-refractivity contribution in [2.24, 2.45) is 11.8 Å². The fourth-order valence-electron chi connectivity index (χ4n) is 3.41. The molecule has 1 fully saturated rings. The number of aromatic nitrogens is 2. The molecule has 0 radical (unpaired) electrons. The zero-order valence-electron chi connectivity index (χ0n) is 12.4. The summed E-state index contributed by atoms with van der Waals surface area (Å²) in [6.45, 7) is 4.43. The number of rotatable bonds is 5. The first-order valence-corrected chi connectivity index (χ1v) is 7.98. The predicted octanol–water partition coefficient (Wildman–Crippen LogP) is 3.87. The van der Waals surface area contributed by atoms with Crippen LogP contribution in [0.4, 0.5) is 0 Å². The molecule has 2 aromatic rings. The van der Waals surface area contributed by atoms with Crippen molar-refractivity contribution in [3.8, 4) is 0 Å². The summed E-state index contributed by atoms with van der Waals surface area (Å²) in [5.41, 5.74) is 2.32. The van der Waals surface area contributed by atoms with Crippen LogP contribution in [0.25, 0.3) is 11.0 Å². The topological polar surface area (TPSA) is 40.7 Å². The van der Waals surface area contributed by atoms with Crippen LogP contribution in [-0.4, -0.2) is 16.5 Å². The molecule has 108 valence electrons. The molecular formula is C17H25N3. The van der Waals surface area contributed by atoms with Crippen molar-refractivity contribution in [1.29, 1.82) is 0 Å². The lowest BCUT2D eigenvalue weighted by molar-refractivity contribution is 0.262. The molecule has 0 saturated heterocycles. The molecule has 2 N–H and O–H groups in total. The zero-order valence-corrected chi connectivity index (χ0v) is 12.4. The van der Waals surface area contributed by atoms with Crippen LogP contribution in [0.2, 0.25) is 0 Å². The molecular weight excluding hydrogens is 246 g/mol. The molecule has 1 aliphatic rings. The summed E-state index contributed by atoms with van der Waals surface area (Å²) in [4.78, 5) is 7.57. The van der Waals surface area contributed by atoms with Gasteiger partial charge in [0.2, 0.25) is 0 Å². The van der Waals surface area contributed by atoms with Crippen molar-refractivity contribution in [3.63, 3.8) is 0 Å². The lowest BCUT2D eigenvalue weighted by Crippen LogP contribution is -2.26. The number of aromatic amines is 1. The van der Waals surface area contributed by atoms with Gasteiger partial charge in [-0.05, 0) is 48.9 Å². The maximum absolute atomic E-state index is 4.33. The third kappa shape index (κ3) is 3.04. The minimum Gasteiger partial charge on any atom is -0.346 e. The van der Waals surface area contributed by atoms with Crippen LogP contribution < -0.4 is 5.32 Å². The summed E-state index contributed by atoms with van der Waals surface area (Å²) in [5.74, 6) is 1.87. The van der Waals surface area contributed by atoms with Crippen LogP contribution in [-0.2, 0) is 6.54 Å². The maximum Gasteiger partial charge on any atom is 0.137 e. The Morgan fingerprint density at radius 3 is 2.85 bits per heavy atom. The summed E-state index contributed by atoms with van der Waals surface area (Å²) in [7, 11) is 0. The second-order valence-electron chi connectivity index (χ2n) is 6.14. The molecule has 3 nitrogen and oxygen atoms in total. The standard InChI is InChI=1S/C17H25N3/c1-2-13-5-7-14(8-6-13)10-18-11-15-12-20-17-16(15)4-3-9-19-17/h3-4,9,12-14,18H,2,5-8,10-11H2,1H3,(H,19,20). The Bertz CT molecular complexity index is 538. The van der Waals surface area contributed by atoms with Gasteiger partial charge in [0, 0.05) is 24.3 Å². The van der Waals surface area contributed by atoms with E-state index in [1.807, 2.05) is 12.3 Å². The number of H-pyrrole nitrogens is 1. The van der Waals surface area contributed by atoms with Gasteiger partial charge in [-0.2, -0.15) is 0 Å². The molecule has 0 amide bonds. The van der Waals surface area contributed by atoms with Crippen LogP contribution in [0.15, 0.2) is 24.5 Å². The highest BCUT2D eigenvalue weighted by Gasteiger charge is 2.19. The third-order valence-corrected chi connectivity index (χ3v) is 4.83. The number of hydrogen-bond acceptors (Lipinski definition) is 2. The second kappa shape index (κ2) is 6.40. The Hall–Kier alpha value is -1.35. The van der Waals surface area contributed by atoms with Gasteiger partial charge in [-0.25, -0.2) is 4.98 Å². The number of nitrogens with zero attached hydrogens (tertiary/aromatic N) is 1. The first kappa shape index (κ1) is 13.6. The van der Waals surface area contributed by atoms with Gasteiger partial charge >= 0.3 is 0 Å². The van der Waals surface area contributed by atoms with Crippen LogP contribution in [0, 0.1) is 11.8 Å². The predicted molar refractivity (Wildman–Crippen MR) is 83.5 cm³/mol. The molecule has 3 rings (SSSR count). The molecule has 3 heteroatoms. The number of hydrogen-bond donors (Lipinski definition) is 2. The van der Waals surface area contributed by atoms with Crippen LogP contribution in [0.3, 0.4) is 0 Å². The Morgan fingerprint density at radius 1 is 1.25 bits per heavy atom.